The first-order valence-corrected chi connectivity index (χ1v) is 12.4. The summed E-state index contributed by atoms with van der Waals surface area (Å²) in [5.41, 5.74) is 3.19. The average Bonchev–Trinajstić information content (AvgIpc) is 3.51. The predicted octanol–water partition coefficient (Wildman–Crippen LogP) is 4.58. The number of carbonyl (C=O) groups excluding carboxylic acids is 2. The van der Waals surface area contributed by atoms with E-state index >= 15 is 0 Å². The topological polar surface area (TPSA) is 96.4 Å². The molecule has 0 saturated carbocycles. The summed E-state index contributed by atoms with van der Waals surface area (Å²) in [5, 5.41) is 9.96. The lowest BCUT2D eigenvalue weighted by Crippen LogP contribution is -2.41. The number of fused-ring (bicyclic) bond motifs is 3. The van der Waals surface area contributed by atoms with Crippen LogP contribution in [-0.2, 0) is 14.3 Å². The van der Waals surface area contributed by atoms with Crippen LogP contribution in [0.5, 0.6) is 0 Å². The standard InChI is InChI=1S/C28H32N2O6/c1-27(2,3)36-26(34)29-13-12-28(16-29)17-30(14-23(28)24(31)32)25(33)35-15-22-20-10-6-4-8-18(20)19-9-5-7-11-21(19)22/h4-11,22-23H,12-17H2,1-3H3,(H,31,32). The largest absolute Gasteiger partial charge is 0.481 e. The number of aliphatic carboxylic acids is 1. The summed E-state index contributed by atoms with van der Waals surface area (Å²) < 4.78 is 11.3. The van der Waals surface area contributed by atoms with Crippen molar-refractivity contribution in [2.75, 3.05) is 32.8 Å². The SMILES string of the molecule is CC(C)(C)OC(=O)N1CCC2(CN(C(=O)OCC3c4ccccc4-c4ccccc43)CC2C(=O)O)C1. The summed E-state index contributed by atoms with van der Waals surface area (Å²) in [7, 11) is 0. The lowest BCUT2D eigenvalue weighted by atomic mass is 9.77. The molecule has 2 fully saturated rings. The molecule has 36 heavy (non-hydrogen) atoms. The summed E-state index contributed by atoms with van der Waals surface area (Å²) in [6, 6.07) is 16.2. The smallest absolute Gasteiger partial charge is 0.410 e. The van der Waals surface area contributed by atoms with Crippen molar-refractivity contribution < 1.29 is 29.0 Å². The van der Waals surface area contributed by atoms with Crippen LogP contribution in [-0.4, -0.2) is 71.4 Å². The van der Waals surface area contributed by atoms with Gasteiger partial charge in [-0.2, -0.15) is 0 Å². The van der Waals surface area contributed by atoms with Gasteiger partial charge in [0, 0.05) is 37.5 Å². The van der Waals surface area contributed by atoms with Crippen molar-refractivity contribution in [1.82, 2.24) is 9.80 Å². The van der Waals surface area contributed by atoms with Crippen molar-refractivity contribution in [3.05, 3.63) is 59.7 Å². The molecule has 2 saturated heterocycles. The van der Waals surface area contributed by atoms with Crippen LogP contribution < -0.4 is 0 Å². The Balaban J connectivity index is 1.28. The van der Waals surface area contributed by atoms with Crippen LogP contribution in [0, 0.1) is 11.3 Å². The lowest BCUT2D eigenvalue weighted by molar-refractivity contribution is -0.144. The Bertz CT molecular complexity index is 1160. The molecule has 1 N–H and O–H groups in total. The number of nitrogens with zero attached hydrogens (tertiary/aromatic N) is 2. The van der Waals surface area contributed by atoms with Gasteiger partial charge in [-0.3, -0.25) is 4.79 Å². The summed E-state index contributed by atoms with van der Waals surface area (Å²) in [6.07, 6.45) is -0.477. The minimum atomic E-state index is -0.963. The van der Waals surface area contributed by atoms with Crippen LogP contribution in [0.2, 0.25) is 0 Å². The normalized spacial score (nSPS) is 23.0. The molecule has 3 aliphatic rings. The first kappa shape index (κ1) is 24.2. The third-order valence-corrected chi connectivity index (χ3v) is 7.58. The third kappa shape index (κ3) is 4.29. The van der Waals surface area contributed by atoms with Crippen LogP contribution >= 0.6 is 0 Å². The second-order valence-corrected chi connectivity index (χ2v) is 11.1. The van der Waals surface area contributed by atoms with E-state index in [0.29, 0.717) is 13.0 Å². The van der Waals surface area contributed by atoms with E-state index in [1.54, 1.807) is 25.7 Å². The number of carboxylic acid groups (broad SMARTS) is 1. The number of rotatable bonds is 3. The molecule has 2 aromatic rings. The van der Waals surface area contributed by atoms with Crippen LogP contribution in [0.3, 0.4) is 0 Å². The van der Waals surface area contributed by atoms with Gasteiger partial charge in [0.05, 0.1) is 5.92 Å². The number of likely N-dealkylation sites (tertiary alicyclic amines) is 2. The van der Waals surface area contributed by atoms with E-state index in [4.69, 9.17) is 9.47 Å². The molecule has 5 rings (SSSR count). The Morgan fingerprint density at radius 1 is 0.944 bits per heavy atom. The van der Waals surface area contributed by atoms with Crippen LogP contribution in [0.4, 0.5) is 9.59 Å². The monoisotopic (exact) mass is 492 g/mol. The molecular weight excluding hydrogens is 460 g/mol. The highest BCUT2D eigenvalue weighted by molar-refractivity contribution is 5.79. The van der Waals surface area contributed by atoms with Crippen LogP contribution in [0.1, 0.15) is 44.2 Å². The maximum atomic E-state index is 13.1. The predicted molar refractivity (Wildman–Crippen MR) is 133 cm³/mol. The Morgan fingerprint density at radius 3 is 2.11 bits per heavy atom. The van der Waals surface area contributed by atoms with Crippen molar-refractivity contribution in [1.29, 1.82) is 0 Å². The molecule has 1 spiro atoms. The first-order valence-electron chi connectivity index (χ1n) is 12.4. The van der Waals surface area contributed by atoms with E-state index in [-0.39, 0.29) is 32.2 Å². The van der Waals surface area contributed by atoms with Gasteiger partial charge in [-0.1, -0.05) is 48.5 Å². The molecular formula is C28H32N2O6. The van der Waals surface area contributed by atoms with Crippen LogP contribution in [0.15, 0.2) is 48.5 Å². The number of benzene rings is 2. The Hall–Kier alpha value is -3.55. The zero-order valence-electron chi connectivity index (χ0n) is 20.9. The fourth-order valence-electron chi connectivity index (χ4n) is 5.92. The van der Waals surface area contributed by atoms with Crippen LogP contribution in [0.25, 0.3) is 11.1 Å². The summed E-state index contributed by atoms with van der Waals surface area (Å²) in [4.78, 5) is 41.0. The van der Waals surface area contributed by atoms with E-state index in [2.05, 4.69) is 24.3 Å². The van der Waals surface area contributed by atoms with E-state index < -0.39 is 35.1 Å². The molecule has 2 aliphatic heterocycles. The van der Waals surface area contributed by atoms with Crippen molar-refractivity contribution in [2.24, 2.45) is 11.3 Å². The molecule has 2 amide bonds. The molecule has 2 unspecified atom stereocenters. The molecule has 2 heterocycles. The molecule has 190 valence electrons. The van der Waals surface area contributed by atoms with E-state index in [1.165, 1.54) is 4.90 Å². The van der Waals surface area contributed by atoms with Crippen molar-refractivity contribution in [2.45, 2.75) is 38.7 Å². The molecule has 0 bridgehead atoms. The quantitative estimate of drug-likeness (QED) is 0.674. The zero-order valence-corrected chi connectivity index (χ0v) is 20.9. The number of ether oxygens (including phenoxy) is 2. The highest BCUT2D eigenvalue weighted by Gasteiger charge is 2.56. The Kier molecular flexibility index (Phi) is 5.93. The molecule has 1 aliphatic carbocycles. The van der Waals surface area contributed by atoms with Gasteiger partial charge >= 0.3 is 18.2 Å². The molecule has 0 aromatic heterocycles. The Labute approximate surface area is 210 Å². The van der Waals surface area contributed by atoms with E-state index in [0.717, 1.165) is 22.3 Å². The van der Waals surface area contributed by atoms with E-state index in [9.17, 15) is 19.5 Å². The summed E-state index contributed by atoms with van der Waals surface area (Å²) in [6.45, 7) is 6.51. The van der Waals surface area contributed by atoms with Crippen molar-refractivity contribution in [3.8, 4) is 11.1 Å². The maximum absolute atomic E-state index is 13.1. The van der Waals surface area contributed by atoms with Gasteiger partial charge in [-0.25, -0.2) is 9.59 Å². The molecule has 2 aromatic carbocycles. The molecule has 0 radical (unpaired) electrons. The van der Waals surface area contributed by atoms with Crippen molar-refractivity contribution in [3.63, 3.8) is 0 Å². The Morgan fingerprint density at radius 2 is 1.53 bits per heavy atom. The minimum absolute atomic E-state index is 0.0637. The van der Waals surface area contributed by atoms with Gasteiger partial charge in [0.25, 0.3) is 0 Å². The van der Waals surface area contributed by atoms with Gasteiger partial charge in [-0.05, 0) is 49.4 Å². The second kappa shape index (κ2) is 8.84. The first-order chi connectivity index (χ1) is 17.1. The van der Waals surface area contributed by atoms with Gasteiger partial charge < -0.3 is 24.4 Å². The number of carboxylic acids is 1. The number of hydrogen-bond donors (Lipinski definition) is 1. The van der Waals surface area contributed by atoms with Gasteiger partial charge in [0.15, 0.2) is 0 Å². The summed E-state index contributed by atoms with van der Waals surface area (Å²) >= 11 is 0. The number of hydrogen-bond acceptors (Lipinski definition) is 5. The lowest BCUT2D eigenvalue weighted by Gasteiger charge is -2.29. The van der Waals surface area contributed by atoms with Gasteiger partial charge in [0.1, 0.15) is 12.2 Å². The average molecular weight is 493 g/mol. The fourth-order valence-corrected chi connectivity index (χ4v) is 5.92. The highest BCUT2D eigenvalue weighted by atomic mass is 16.6. The molecule has 8 nitrogen and oxygen atoms in total. The molecule has 2 atom stereocenters. The third-order valence-electron chi connectivity index (χ3n) is 7.58. The number of amides is 2. The van der Waals surface area contributed by atoms with Crippen molar-refractivity contribution >= 4 is 18.2 Å². The van der Waals surface area contributed by atoms with Gasteiger partial charge in [0.2, 0.25) is 0 Å². The zero-order chi connectivity index (χ0) is 25.7. The fraction of sp³-hybridized carbons (Fsp3) is 0.464. The highest BCUT2D eigenvalue weighted by Crippen LogP contribution is 2.46. The minimum Gasteiger partial charge on any atom is -0.481 e. The maximum Gasteiger partial charge on any atom is 0.410 e. The van der Waals surface area contributed by atoms with Gasteiger partial charge in [-0.15, -0.1) is 0 Å². The van der Waals surface area contributed by atoms with E-state index in [1.807, 2.05) is 24.3 Å². The second-order valence-electron chi connectivity index (χ2n) is 11.1. The number of carbonyl (C=O) groups is 3. The molecule has 8 heteroatoms. The summed E-state index contributed by atoms with van der Waals surface area (Å²) in [5.74, 6) is -1.80.